The van der Waals surface area contributed by atoms with Crippen molar-refractivity contribution in [3.8, 4) is 0 Å². The first-order valence-corrected chi connectivity index (χ1v) is 5.62. The second-order valence-electron chi connectivity index (χ2n) is 3.11. The summed E-state index contributed by atoms with van der Waals surface area (Å²) in [5.41, 5.74) is 1.27. The van der Waals surface area contributed by atoms with Crippen LogP contribution in [0, 0.1) is 6.92 Å². The summed E-state index contributed by atoms with van der Waals surface area (Å²) in [5, 5.41) is 2.52. The van der Waals surface area contributed by atoms with Gasteiger partial charge in [-0.25, -0.2) is 4.98 Å². The van der Waals surface area contributed by atoms with Crippen molar-refractivity contribution in [2.45, 2.75) is 6.92 Å². The van der Waals surface area contributed by atoms with E-state index >= 15 is 0 Å². The average molecular weight is 281 g/mol. The molecule has 0 aliphatic carbocycles. The standard InChI is InChI=1S/C10H5Cl4N/c1-4-8(13)9(14)6-2-5(11)3-7(12)10(6)15-4/h2-3H,1H3. The lowest BCUT2D eigenvalue weighted by Crippen LogP contribution is -1.88. The van der Waals surface area contributed by atoms with Gasteiger partial charge in [-0.2, -0.15) is 0 Å². The maximum absolute atomic E-state index is 6.09. The second-order valence-corrected chi connectivity index (χ2v) is 4.71. The van der Waals surface area contributed by atoms with Crippen LogP contribution in [0.2, 0.25) is 20.1 Å². The lowest BCUT2D eigenvalue weighted by atomic mass is 10.2. The first kappa shape index (κ1) is 11.3. The molecule has 78 valence electrons. The summed E-state index contributed by atoms with van der Waals surface area (Å²) in [6, 6.07) is 3.32. The molecular weight excluding hydrogens is 276 g/mol. The van der Waals surface area contributed by atoms with Crippen molar-refractivity contribution in [3.05, 3.63) is 37.9 Å². The molecule has 0 unspecified atom stereocenters. The summed E-state index contributed by atoms with van der Waals surface area (Å²) in [4.78, 5) is 4.27. The summed E-state index contributed by atoms with van der Waals surface area (Å²) >= 11 is 24.0. The molecule has 0 N–H and O–H groups in total. The number of benzene rings is 1. The Bertz CT molecular complexity index is 551. The molecule has 0 aliphatic rings. The van der Waals surface area contributed by atoms with Gasteiger partial charge in [-0.1, -0.05) is 46.4 Å². The largest absolute Gasteiger partial charge is 0.250 e. The highest BCUT2D eigenvalue weighted by atomic mass is 35.5. The monoisotopic (exact) mass is 279 g/mol. The van der Waals surface area contributed by atoms with Crippen LogP contribution >= 0.6 is 46.4 Å². The van der Waals surface area contributed by atoms with Crippen molar-refractivity contribution in [3.63, 3.8) is 0 Å². The summed E-state index contributed by atoms with van der Waals surface area (Å²) in [6.45, 7) is 1.78. The molecule has 0 saturated carbocycles. The van der Waals surface area contributed by atoms with E-state index in [1.807, 2.05) is 0 Å². The molecule has 1 heterocycles. The van der Waals surface area contributed by atoms with Gasteiger partial charge in [-0.05, 0) is 19.1 Å². The van der Waals surface area contributed by atoms with Crippen LogP contribution in [0.25, 0.3) is 10.9 Å². The van der Waals surface area contributed by atoms with Crippen LogP contribution in [-0.2, 0) is 0 Å². The molecule has 0 saturated heterocycles. The minimum atomic E-state index is 0.433. The quantitative estimate of drug-likeness (QED) is 0.650. The number of aryl methyl sites for hydroxylation is 1. The van der Waals surface area contributed by atoms with Crippen molar-refractivity contribution in [1.29, 1.82) is 0 Å². The topological polar surface area (TPSA) is 12.9 Å². The summed E-state index contributed by atoms with van der Waals surface area (Å²) in [5.74, 6) is 0. The minimum absolute atomic E-state index is 0.433. The predicted octanol–water partition coefficient (Wildman–Crippen LogP) is 5.16. The third-order valence-corrected chi connectivity index (χ3v) is 3.51. The number of nitrogens with zero attached hydrogens (tertiary/aromatic N) is 1. The maximum Gasteiger partial charge on any atom is 0.0908 e. The van der Waals surface area contributed by atoms with Gasteiger partial charge in [0.05, 0.1) is 26.3 Å². The van der Waals surface area contributed by atoms with E-state index in [0.29, 0.717) is 36.7 Å². The first-order chi connectivity index (χ1) is 7.00. The number of hydrogen-bond donors (Lipinski definition) is 0. The molecule has 2 rings (SSSR count). The van der Waals surface area contributed by atoms with Crippen molar-refractivity contribution in [2.75, 3.05) is 0 Å². The Hall–Kier alpha value is -0.210. The zero-order valence-electron chi connectivity index (χ0n) is 7.61. The fraction of sp³-hybridized carbons (Fsp3) is 0.100. The molecule has 0 fully saturated rings. The van der Waals surface area contributed by atoms with E-state index in [2.05, 4.69) is 4.98 Å². The van der Waals surface area contributed by atoms with Gasteiger partial charge in [-0.3, -0.25) is 0 Å². The first-order valence-electron chi connectivity index (χ1n) is 4.11. The van der Waals surface area contributed by atoms with Gasteiger partial charge in [0.15, 0.2) is 0 Å². The van der Waals surface area contributed by atoms with E-state index in [-0.39, 0.29) is 0 Å². The van der Waals surface area contributed by atoms with Gasteiger partial charge in [0.2, 0.25) is 0 Å². The van der Waals surface area contributed by atoms with Gasteiger partial charge < -0.3 is 0 Å². The summed E-state index contributed by atoms with van der Waals surface area (Å²) in [6.07, 6.45) is 0. The minimum Gasteiger partial charge on any atom is -0.250 e. The Morgan fingerprint density at radius 1 is 1.00 bits per heavy atom. The molecule has 0 spiro atoms. The van der Waals surface area contributed by atoms with Crippen molar-refractivity contribution < 1.29 is 0 Å². The molecule has 2 aromatic rings. The second kappa shape index (κ2) is 3.99. The van der Waals surface area contributed by atoms with Crippen molar-refractivity contribution in [1.82, 2.24) is 4.98 Å². The van der Waals surface area contributed by atoms with Crippen molar-refractivity contribution in [2.24, 2.45) is 0 Å². The molecule has 1 nitrogen and oxygen atoms in total. The normalized spacial score (nSPS) is 11.0. The van der Waals surface area contributed by atoms with Gasteiger partial charge in [0, 0.05) is 10.4 Å². The molecule has 0 bridgehead atoms. The van der Waals surface area contributed by atoms with Crippen molar-refractivity contribution >= 4 is 57.3 Å². The van der Waals surface area contributed by atoms with E-state index in [9.17, 15) is 0 Å². The van der Waals surface area contributed by atoms with Crippen LogP contribution in [0.1, 0.15) is 5.69 Å². The molecule has 1 aromatic heterocycles. The molecule has 0 aliphatic heterocycles. The molecule has 0 radical (unpaired) electrons. The summed E-state index contributed by atoms with van der Waals surface area (Å²) in [7, 11) is 0. The van der Waals surface area contributed by atoms with Crippen LogP contribution in [0.4, 0.5) is 0 Å². The Balaban J connectivity index is 2.98. The highest BCUT2D eigenvalue weighted by Crippen LogP contribution is 2.36. The average Bonchev–Trinajstić information content (AvgIpc) is 2.17. The zero-order valence-corrected chi connectivity index (χ0v) is 10.6. The van der Waals surface area contributed by atoms with Crippen LogP contribution in [0.5, 0.6) is 0 Å². The lowest BCUT2D eigenvalue weighted by Gasteiger charge is -2.07. The maximum atomic E-state index is 6.09. The number of hydrogen-bond acceptors (Lipinski definition) is 1. The number of halogens is 4. The molecule has 0 amide bonds. The number of rotatable bonds is 0. The fourth-order valence-electron chi connectivity index (χ4n) is 1.34. The zero-order chi connectivity index (χ0) is 11.2. The lowest BCUT2D eigenvalue weighted by molar-refractivity contribution is 1.26. The Morgan fingerprint density at radius 3 is 2.33 bits per heavy atom. The Kier molecular flexibility index (Phi) is 3.00. The third kappa shape index (κ3) is 1.90. The fourth-order valence-corrected chi connectivity index (χ4v) is 2.30. The van der Waals surface area contributed by atoms with E-state index in [1.54, 1.807) is 19.1 Å². The molecule has 0 atom stereocenters. The van der Waals surface area contributed by atoms with Crippen LogP contribution in [0.3, 0.4) is 0 Å². The third-order valence-electron chi connectivity index (χ3n) is 2.05. The SMILES string of the molecule is Cc1nc2c(Cl)cc(Cl)cc2c(Cl)c1Cl. The smallest absolute Gasteiger partial charge is 0.0908 e. The number of aromatic nitrogens is 1. The summed E-state index contributed by atoms with van der Waals surface area (Å²) < 4.78 is 0. The van der Waals surface area contributed by atoms with Gasteiger partial charge in [0.25, 0.3) is 0 Å². The highest BCUT2D eigenvalue weighted by Gasteiger charge is 2.12. The molecule has 15 heavy (non-hydrogen) atoms. The Labute approximate surface area is 107 Å². The van der Waals surface area contributed by atoms with Crippen LogP contribution < -0.4 is 0 Å². The van der Waals surface area contributed by atoms with Crippen LogP contribution in [-0.4, -0.2) is 4.98 Å². The molecule has 1 aromatic carbocycles. The molecule has 5 heteroatoms. The number of pyridine rings is 1. The van der Waals surface area contributed by atoms with E-state index in [4.69, 9.17) is 46.4 Å². The van der Waals surface area contributed by atoms with Crippen LogP contribution in [0.15, 0.2) is 12.1 Å². The highest BCUT2D eigenvalue weighted by molar-refractivity contribution is 6.47. The molecular formula is C10H5Cl4N. The predicted molar refractivity (Wildman–Crippen MR) is 66.5 cm³/mol. The van der Waals surface area contributed by atoms with Gasteiger partial charge in [0.1, 0.15) is 0 Å². The van der Waals surface area contributed by atoms with E-state index in [0.717, 1.165) is 0 Å². The van der Waals surface area contributed by atoms with Gasteiger partial charge >= 0.3 is 0 Å². The van der Waals surface area contributed by atoms with Gasteiger partial charge in [-0.15, -0.1) is 0 Å². The Morgan fingerprint density at radius 2 is 1.67 bits per heavy atom. The van der Waals surface area contributed by atoms with E-state index in [1.165, 1.54) is 0 Å². The van der Waals surface area contributed by atoms with E-state index < -0.39 is 0 Å². The number of fused-ring (bicyclic) bond motifs is 1.